The van der Waals surface area contributed by atoms with E-state index in [0.717, 1.165) is 30.6 Å². The lowest BCUT2D eigenvalue weighted by molar-refractivity contribution is -0.119. The molecule has 1 N–H and O–H groups in total. The summed E-state index contributed by atoms with van der Waals surface area (Å²) in [6.45, 7) is 1.40. The fourth-order valence-electron chi connectivity index (χ4n) is 3.77. The van der Waals surface area contributed by atoms with Crippen molar-refractivity contribution in [3.63, 3.8) is 0 Å². The van der Waals surface area contributed by atoms with Gasteiger partial charge in [-0.3, -0.25) is 14.4 Å². The third kappa shape index (κ3) is 3.76. The molecule has 2 aliphatic heterocycles. The van der Waals surface area contributed by atoms with E-state index in [1.165, 1.54) is 0 Å². The van der Waals surface area contributed by atoms with E-state index in [9.17, 15) is 14.4 Å². The van der Waals surface area contributed by atoms with Crippen LogP contribution in [0.4, 0.5) is 17.1 Å². The Morgan fingerprint density at radius 2 is 1.43 bits per heavy atom. The number of amides is 3. The Morgan fingerprint density at radius 1 is 0.786 bits per heavy atom. The van der Waals surface area contributed by atoms with Gasteiger partial charge in [-0.05, 0) is 55.7 Å². The molecule has 0 radical (unpaired) electrons. The number of carbonyl (C=O) groups is 3. The van der Waals surface area contributed by atoms with Crippen molar-refractivity contribution in [3.05, 3.63) is 54.1 Å². The number of benzene rings is 2. The van der Waals surface area contributed by atoms with Gasteiger partial charge in [-0.15, -0.1) is 0 Å². The number of anilines is 3. The highest BCUT2D eigenvalue weighted by Gasteiger charge is 2.23. The molecule has 0 saturated carbocycles. The van der Waals surface area contributed by atoms with Gasteiger partial charge in [0.2, 0.25) is 11.8 Å². The van der Waals surface area contributed by atoms with E-state index in [1.54, 1.807) is 28.0 Å². The monoisotopic (exact) mass is 377 g/mol. The molecule has 0 bridgehead atoms. The molecule has 0 unspecified atom stereocenters. The molecule has 6 nitrogen and oxygen atoms in total. The number of carbonyl (C=O) groups excluding carboxylic acids is 3. The van der Waals surface area contributed by atoms with E-state index in [4.69, 9.17) is 0 Å². The van der Waals surface area contributed by atoms with Gasteiger partial charge in [0.25, 0.3) is 5.91 Å². The predicted octanol–water partition coefficient (Wildman–Crippen LogP) is 3.58. The molecule has 2 aromatic carbocycles. The average molecular weight is 377 g/mol. The predicted molar refractivity (Wildman–Crippen MR) is 109 cm³/mol. The van der Waals surface area contributed by atoms with Crippen LogP contribution in [0.2, 0.25) is 0 Å². The van der Waals surface area contributed by atoms with Crippen LogP contribution in [0.15, 0.2) is 48.5 Å². The summed E-state index contributed by atoms with van der Waals surface area (Å²) < 4.78 is 0. The molecule has 0 atom stereocenters. The zero-order valence-electron chi connectivity index (χ0n) is 15.7. The van der Waals surface area contributed by atoms with E-state index < -0.39 is 0 Å². The summed E-state index contributed by atoms with van der Waals surface area (Å²) >= 11 is 0. The molecule has 2 aliphatic rings. The lowest BCUT2D eigenvalue weighted by Gasteiger charge is -2.27. The number of piperidine rings is 1. The maximum absolute atomic E-state index is 12.7. The first kappa shape index (κ1) is 18.2. The van der Waals surface area contributed by atoms with Crippen molar-refractivity contribution in [2.45, 2.75) is 32.1 Å². The highest BCUT2D eigenvalue weighted by Crippen LogP contribution is 2.25. The second-order valence-corrected chi connectivity index (χ2v) is 7.21. The Labute approximate surface area is 164 Å². The van der Waals surface area contributed by atoms with Crippen LogP contribution in [0.25, 0.3) is 0 Å². The van der Waals surface area contributed by atoms with Crippen molar-refractivity contribution in [2.75, 3.05) is 28.2 Å². The standard InChI is InChI=1S/C22H23N3O3/c26-20-10-1-2-12-24(20)19-9-4-7-17(15-19)23-22(28)16-6-3-8-18(14-16)25-13-5-11-21(25)27/h3-4,6-9,14-15H,1-2,5,10-13H2,(H,23,28). The number of hydrogen-bond acceptors (Lipinski definition) is 3. The first-order chi connectivity index (χ1) is 13.6. The molecular weight excluding hydrogens is 354 g/mol. The van der Waals surface area contributed by atoms with Crippen LogP contribution in [-0.2, 0) is 9.59 Å². The van der Waals surface area contributed by atoms with Gasteiger partial charge in [0.15, 0.2) is 0 Å². The Balaban J connectivity index is 1.50. The van der Waals surface area contributed by atoms with Crippen LogP contribution in [0.3, 0.4) is 0 Å². The third-order valence-electron chi connectivity index (χ3n) is 5.23. The first-order valence-corrected chi connectivity index (χ1v) is 9.74. The summed E-state index contributed by atoms with van der Waals surface area (Å²) in [7, 11) is 0. The Morgan fingerprint density at radius 3 is 2.14 bits per heavy atom. The van der Waals surface area contributed by atoms with E-state index in [2.05, 4.69) is 5.32 Å². The Kier molecular flexibility index (Phi) is 5.10. The fourth-order valence-corrected chi connectivity index (χ4v) is 3.77. The lowest BCUT2D eigenvalue weighted by Crippen LogP contribution is -2.35. The van der Waals surface area contributed by atoms with Gasteiger partial charge in [-0.1, -0.05) is 12.1 Å². The summed E-state index contributed by atoms with van der Waals surface area (Å²) in [5.41, 5.74) is 2.70. The SMILES string of the molecule is O=C(Nc1cccc(N2CCCCC2=O)c1)c1cccc(N2CCCC2=O)c1. The molecule has 0 spiro atoms. The average Bonchev–Trinajstić information content (AvgIpc) is 3.14. The van der Waals surface area contributed by atoms with Crippen molar-refractivity contribution in [2.24, 2.45) is 0 Å². The van der Waals surface area contributed by atoms with Crippen LogP contribution < -0.4 is 15.1 Å². The molecule has 6 heteroatoms. The van der Waals surface area contributed by atoms with Gasteiger partial charge in [0.1, 0.15) is 0 Å². The molecule has 0 aliphatic carbocycles. The smallest absolute Gasteiger partial charge is 0.255 e. The summed E-state index contributed by atoms with van der Waals surface area (Å²) in [5, 5.41) is 2.90. The van der Waals surface area contributed by atoms with E-state index in [0.29, 0.717) is 37.2 Å². The second kappa shape index (κ2) is 7.84. The van der Waals surface area contributed by atoms with Gasteiger partial charge >= 0.3 is 0 Å². The maximum Gasteiger partial charge on any atom is 0.255 e. The van der Waals surface area contributed by atoms with E-state index in [-0.39, 0.29) is 17.7 Å². The summed E-state index contributed by atoms with van der Waals surface area (Å²) in [4.78, 5) is 40.3. The van der Waals surface area contributed by atoms with Gasteiger partial charge < -0.3 is 15.1 Å². The van der Waals surface area contributed by atoms with Crippen LogP contribution in [0, 0.1) is 0 Å². The van der Waals surface area contributed by atoms with Gasteiger partial charge in [-0.2, -0.15) is 0 Å². The molecule has 2 saturated heterocycles. The Hall–Kier alpha value is -3.15. The van der Waals surface area contributed by atoms with Crippen molar-refractivity contribution in [1.29, 1.82) is 0 Å². The lowest BCUT2D eigenvalue weighted by atomic mass is 10.1. The van der Waals surface area contributed by atoms with E-state index in [1.807, 2.05) is 30.3 Å². The zero-order chi connectivity index (χ0) is 19.5. The summed E-state index contributed by atoms with van der Waals surface area (Å²) in [5.74, 6) is -0.0233. The number of nitrogens with zero attached hydrogens (tertiary/aromatic N) is 2. The van der Waals surface area contributed by atoms with Crippen molar-refractivity contribution >= 4 is 34.8 Å². The van der Waals surface area contributed by atoms with Crippen molar-refractivity contribution in [3.8, 4) is 0 Å². The quantitative estimate of drug-likeness (QED) is 0.885. The van der Waals surface area contributed by atoms with Crippen LogP contribution in [-0.4, -0.2) is 30.8 Å². The van der Waals surface area contributed by atoms with Crippen molar-refractivity contribution in [1.82, 2.24) is 0 Å². The van der Waals surface area contributed by atoms with E-state index >= 15 is 0 Å². The number of rotatable bonds is 4. The summed E-state index contributed by atoms with van der Waals surface area (Å²) in [6, 6.07) is 14.5. The van der Waals surface area contributed by atoms with Crippen LogP contribution in [0.5, 0.6) is 0 Å². The molecule has 2 heterocycles. The van der Waals surface area contributed by atoms with Crippen LogP contribution in [0.1, 0.15) is 42.5 Å². The molecule has 144 valence electrons. The van der Waals surface area contributed by atoms with Crippen molar-refractivity contribution < 1.29 is 14.4 Å². The topological polar surface area (TPSA) is 69.7 Å². The number of nitrogens with one attached hydrogen (secondary N) is 1. The molecule has 0 aromatic heterocycles. The van der Waals surface area contributed by atoms with Crippen LogP contribution >= 0.6 is 0 Å². The third-order valence-corrected chi connectivity index (χ3v) is 5.23. The number of hydrogen-bond donors (Lipinski definition) is 1. The minimum atomic E-state index is -0.240. The van der Waals surface area contributed by atoms with Gasteiger partial charge in [0.05, 0.1) is 0 Å². The zero-order valence-corrected chi connectivity index (χ0v) is 15.7. The highest BCUT2D eigenvalue weighted by atomic mass is 16.2. The normalized spacial score (nSPS) is 17.1. The molecule has 4 rings (SSSR count). The first-order valence-electron chi connectivity index (χ1n) is 9.74. The van der Waals surface area contributed by atoms with Gasteiger partial charge in [0, 0.05) is 48.6 Å². The minimum Gasteiger partial charge on any atom is -0.322 e. The second-order valence-electron chi connectivity index (χ2n) is 7.21. The highest BCUT2D eigenvalue weighted by molar-refractivity contribution is 6.06. The molecule has 3 amide bonds. The minimum absolute atomic E-state index is 0.0939. The summed E-state index contributed by atoms with van der Waals surface area (Å²) in [6.07, 6.45) is 3.89. The molecule has 28 heavy (non-hydrogen) atoms. The maximum atomic E-state index is 12.7. The molecule has 2 aromatic rings. The Bertz CT molecular complexity index is 925. The van der Waals surface area contributed by atoms with Gasteiger partial charge in [-0.25, -0.2) is 0 Å². The largest absolute Gasteiger partial charge is 0.322 e. The fraction of sp³-hybridized carbons (Fsp3) is 0.318. The molecular formula is C22H23N3O3. The molecule has 2 fully saturated rings.